The molecule has 0 aliphatic rings. The van der Waals surface area contributed by atoms with Crippen LogP contribution >= 0.6 is 0 Å². The number of imidazole rings is 1. The summed E-state index contributed by atoms with van der Waals surface area (Å²) < 4.78 is 4.06. The molecule has 2 aromatic rings. The summed E-state index contributed by atoms with van der Waals surface area (Å²) in [5.74, 6) is 1.13. The Morgan fingerprint density at radius 3 is 2.55 bits per heavy atom. The maximum Gasteiger partial charge on any atom is 0.109 e. The van der Waals surface area contributed by atoms with Crippen molar-refractivity contribution in [3.05, 3.63) is 35.2 Å². The lowest BCUT2D eigenvalue weighted by molar-refractivity contribution is 0.501. The summed E-state index contributed by atoms with van der Waals surface area (Å²) in [6, 6.07) is 0.440. The first-order chi connectivity index (χ1) is 9.52. The van der Waals surface area contributed by atoms with Crippen LogP contribution in [0.5, 0.6) is 0 Å². The Morgan fingerprint density at radius 2 is 2.05 bits per heavy atom. The third kappa shape index (κ3) is 3.10. The van der Waals surface area contributed by atoms with E-state index in [-0.39, 0.29) is 0 Å². The number of aryl methyl sites for hydroxylation is 3. The van der Waals surface area contributed by atoms with Crippen LogP contribution in [0.15, 0.2) is 12.4 Å². The molecule has 5 nitrogen and oxygen atoms in total. The van der Waals surface area contributed by atoms with Gasteiger partial charge in [-0.3, -0.25) is 4.68 Å². The second-order valence-corrected chi connectivity index (χ2v) is 5.46. The largest absolute Gasteiger partial charge is 0.338 e. The molecule has 2 aromatic heterocycles. The lowest BCUT2D eigenvalue weighted by atomic mass is 10.0. The van der Waals surface area contributed by atoms with Crippen molar-refractivity contribution >= 4 is 0 Å². The molecule has 5 heteroatoms. The van der Waals surface area contributed by atoms with E-state index in [4.69, 9.17) is 0 Å². The average Bonchev–Trinajstić information content (AvgIpc) is 2.91. The minimum atomic E-state index is 0.440. The van der Waals surface area contributed by atoms with Crippen LogP contribution in [-0.4, -0.2) is 32.4 Å². The number of nitrogens with one attached hydrogen (secondary N) is 1. The summed E-state index contributed by atoms with van der Waals surface area (Å²) >= 11 is 0. The summed E-state index contributed by atoms with van der Waals surface area (Å²) in [6.07, 6.45) is 6.96. The summed E-state index contributed by atoms with van der Waals surface area (Å²) in [6.45, 7) is 4.23. The molecular formula is C15H25N5. The molecule has 20 heavy (non-hydrogen) atoms. The number of nitrogens with zero attached hydrogens (tertiary/aromatic N) is 4. The Labute approximate surface area is 121 Å². The smallest absolute Gasteiger partial charge is 0.109 e. The maximum absolute atomic E-state index is 4.48. The van der Waals surface area contributed by atoms with Crippen LogP contribution in [0.25, 0.3) is 0 Å². The van der Waals surface area contributed by atoms with E-state index in [1.807, 2.05) is 38.2 Å². The maximum atomic E-state index is 4.48. The van der Waals surface area contributed by atoms with Crippen LogP contribution in [0.1, 0.15) is 29.2 Å². The topological polar surface area (TPSA) is 47.7 Å². The standard InChI is InChI=1S/C15H25N5/c1-11-14(12(2)20(5)18-11)7-6-13(16-3)10-15-17-8-9-19(15)4/h8-9,13,16H,6-7,10H2,1-5H3. The molecule has 0 saturated heterocycles. The van der Waals surface area contributed by atoms with Gasteiger partial charge in [-0.25, -0.2) is 4.98 Å². The van der Waals surface area contributed by atoms with Gasteiger partial charge in [0.05, 0.1) is 5.69 Å². The summed E-state index contributed by atoms with van der Waals surface area (Å²) in [7, 11) is 6.08. The van der Waals surface area contributed by atoms with E-state index in [0.29, 0.717) is 6.04 Å². The van der Waals surface area contributed by atoms with Gasteiger partial charge in [-0.1, -0.05) is 0 Å². The minimum absolute atomic E-state index is 0.440. The lowest BCUT2D eigenvalue weighted by Crippen LogP contribution is -2.29. The molecule has 0 aromatic carbocycles. The predicted octanol–water partition coefficient (Wildman–Crippen LogP) is 1.53. The van der Waals surface area contributed by atoms with Gasteiger partial charge >= 0.3 is 0 Å². The zero-order valence-corrected chi connectivity index (χ0v) is 13.1. The van der Waals surface area contributed by atoms with E-state index < -0.39 is 0 Å². The molecule has 0 aliphatic heterocycles. The van der Waals surface area contributed by atoms with Gasteiger partial charge in [0.15, 0.2) is 0 Å². The SMILES string of the molecule is CNC(CCc1c(C)nn(C)c1C)Cc1nccn1C. The first kappa shape index (κ1) is 14.8. The van der Waals surface area contributed by atoms with E-state index in [0.717, 1.165) is 30.8 Å². The molecule has 0 bridgehead atoms. The van der Waals surface area contributed by atoms with Crippen molar-refractivity contribution in [3.8, 4) is 0 Å². The Morgan fingerprint density at radius 1 is 1.30 bits per heavy atom. The molecule has 0 saturated carbocycles. The quantitative estimate of drug-likeness (QED) is 0.870. The third-order valence-corrected chi connectivity index (χ3v) is 4.16. The summed E-state index contributed by atoms with van der Waals surface area (Å²) in [4.78, 5) is 4.40. The Kier molecular flexibility index (Phi) is 4.60. The van der Waals surface area contributed by atoms with Crippen LogP contribution in [0.2, 0.25) is 0 Å². The molecule has 0 fully saturated rings. The van der Waals surface area contributed by atoms with Crippen molar-refractivity contribution in [1.29, 1.82) is 0 Å². The highest BCUT2D eigenvalue weighted by Gasteiger charge is 2.14. The molecule has 2 rings (SSSR count). The summed E-state index contributed by atoms with van der Waals surface area (Å²) in [5.41, 5.74) is 3.80. The molecular weight excluding hydrogens is 250 g/mol. The van der Waals surface area contributed by atoms with Gasteiger partial charge in [-0.2, -0.15) is 5.10 Å². The Bertz CT molecular complexity index is 567. The van der Waals surface area contributed by atoms with Gasteiger partial charge in [0.2, 0.25) is 0 Å². The second kappa shape index (κ2) is 6.22. The average molecular weight is 275 g/mol. The minimum Gasteiger partial charge on any atom is -0.338 e. The highest BCUT2D eigenvalue weighted by Crippen LogP contribution is 2.16. The first-order valence-electron chi connectivity index (χ1n) is 7.15. The predicted molar refractivity (Wildman–Crippen MR) is 80.8 cm³/mol. The van der Waals surface area contributed by atoms with Crippen LogP contribution in [0.4, 0.5) is 0 Å². The molecule has 0 aliphatic carbocycles. The number of hydrogen-bond donors (Lipinski definition) is 1. The van der Waals surface area contributed by atoms with Crippen LogP contribution in [0.3, 0.4) is 0 Å². The van der Waals surface area contributed by atoms with Gasteiger partial charge in [-0.05, 0) is 39.3 Å². The lowest BCUT2D eigenvalue weighted by Gasteiger charge is -2.16. The van der Waals surface area contributed by atoms with Crippen LogP contribution in [-0.2, 0) is 26.9 Å². The molecule has 1 atom stereocenters. The first-order valence-corrected chi connectivity index (χ1v) is 7.15. The van der Waals surface area contributed by atoms with Crippen molar-refractivity contribution in [3.63, 3.8) is 0 Å². The molecule has 1 unspecified atom stereocenters. The van der Waals surface area contributed by atoms with Crippen molar-refractivity contribution in [1.82, 2.24) is 24.6 Å². The van der Waals surface area contributed by atoms with Crippen molar-refractivity contribution in [2.24, 2.45) is 14.1 Å². The number of likely N-dealkylation sites (N-methyl/N-ethyl adjacent to an activating group) is 1. The van der Waals surface area contributed by atoms with Crippen LogP contribution in [0, 0.1) is 13.8 Å². The fraction of sp³-hybridized carbons (Fsp3) is 0.600. The zero-order valence-electron chi connectivity index (χ0n) is 13.1. The van der Waals surface area contributed by atoms with E-state index >= 15 is 0 Å². The second-order valence-electron chi connectivity index (χ2n) is 5.46. The number of aromatic nitrogens is 4. The monoisotopic (exact) mass is 275 g/mol. The zero-order chi connectivity index (χ0) is 14.7. The fourth-order valence-electron chi connectivity index (χ4n) is 2.66. The van der Waals surface area contributed by atoms with E-state index in [1.165, 1.54) is 11.3 Å². The normalized spacial score (nSPS) is 12.8. The van der Waals surface area contributed by atoms with E-state index in [9.17, 15) is 0 Å². The molecule has 1 N–H and O–H groups in total. The van der Waals surface area contributed by atoms with Gasteiger partial charge < -0.3 is 9.88 Å². The molecule has 0 amide bonds. The van der Waals surface area contributed by atoms with Gasteiger partial charge in [-0.15, -0.1) is 0 Å². The molecule has 110 valence electrons. The Hall–Kier alpha value is -1.62. The third-order valence-electron chi connectivity index (χ3n) is 4.16. The van der Waals surface area contributed by atoms with Gasteiger partial charge in [0, 0.05) is 44.6 Å². The Balaban J connectivity index is 1.99. The highest BCUT2D eigenvalue weighted by molar-refractivity contribution is 5.24. The molecule has 0 radical (unpaired) electrons. The number of rotatable bonds is 6. The molecule has 0 spiro atoms. The summed E-state index contributed by atoms with van der Waals surface area (Å²) in [5, 5.41) is 7.89. The molecule has 2 heterocycles. The van der Waals surface area contributed by atoms with E-state index in [2.05, 4.69) is 33.8 Å². The van der Waals surface area contributed by atoms with Crippen molar-refractivity contribution < 1.29 is 0 Å². The van der Waals surface area contributed by atoms with Crippen molar-refractivity contribution in [2.75, 3.05) is 7.05 Å². The van der Waals surface area contributed by atoms with Crippen molar-refractivity contribution in [2.45, 2.75) is 39.2 Å². The highest BCUT2D eigenvalue weighted by atomic mass is 15.3. The number of hydrogen-bond acceptors (Lipinski definition) is 3. The fourth-order valence-corrected chi connectivity index (χ4v) is 2.66. The van der Waals surface area contributed by atoms with E-state index in [1.54, 1.807) is 0 Å². The van der Waals surface area contributed by atoms with Gasteiger partial charge in [0.1, 0.15) is 5.82 Å². The van der Waals surface area contributed by atoms with Crippen LogP contribution < -0.4 is 5.32 Å². The van der Waals surface area contributed by atoms with Gasteiger partial charge in [0.25, 0.3) is 0 Å².